The second kappa shape index (κ2) is 7.91. The van der Waals surface area contributed by atoms with Gasteiger partial charge in [0.1, 0.15) is 11.3 Å². The Morgan fingerprint density at radius 3 is 2.68 bits per heavy atom. The molecule has 0 amide bonds. The van der Waals surface area contributed by atoms with Crippen LogP contribution in [0.5, 0.6) is 5.75 Å². The zero-order valence-electron chi connectivity index (χ0n) is 13.6. The molecule has 0 saturated carbocycles. The molecule has 0 aliphatic carbocycles. The molecule has 1 heterocycles. The maximum absolute atomic E-state index is 11.8. The van der Waals surface area contributed by atoms with E-state index >= 15 is 0 Å². The Morgan fingerprint density at radius 2 is 1.92 bits per heavy atom. The van der Waals surface area contributed by atoms with Crippen LogP contribution in [0.3, 0.4) is 0 Å². The van der Waals surface area contributed by atoms with Crippen molar-refractivity contribution in [3.05, 3.63) is 74.1 Å². The van der Waals surface area contributed by atoms with Crippen LogP contribution in [-0.4, -0.2) is 13.7 Å². The summed E-state index contributed by atoms with van der Waals surface area (Å²) < 4.78 is 10.4. The predicted octanol–water partition coefficient (Wildman–Crippen LogP) is 4.44. The van der Waals surface area contributed by atoms with E-state index in [1.807, 2.05) is 24.3 Å². The second-order valence-electron chi connectivity index (χ2n) is 5.62. The van der Waals surface area contributed by atoms with Crippen LogP contribution < -0.4 is 15.7 Å². The van der Waals surface area contributed by atoms with Gasteiger partial charge in [0.15, 0.2) is 0 Å². The first-order chi connectivity index (χ1) is 12.1. The van der Waals surface area contributed by atoms with E-state index in [9.17, 15) is 4.79 Å². The van der Waals surface area contributed by atoms with Crippen molar-refractivity contribution < 1.29 is 9.15 Å². The molecule has 2 aromatic carbocycles. The second-order valence-corrected chi connectivity index (χ2v) is 6.46. The Labute approximate surface area is 155 Å². The van der Waals surface area contributed by atoms with Gasteiger partial charge in [-0.3, -0.25) is 0 Å². The van der Waals surface area contributed by atoms with Crippen molar-refractivity contribution in [3.63, 3.8) is 0 Å². The fourth-order valence-corrected chi connectivity index (χ4v) is 3.16. The molecule has 0 bridgehead atoms. The summed E-state index contributed by atoms with van der Waals surface area (Å²) in [7, 11) is 1.58. The molecule has 1 N–H and O–H groups in total. The van der Waals surface area contributed by atoms with Gasteiger partial charge in [0, 0.05) is 34.1 Å². The molecule has 0 spiro atoms. The van der Waals surface area contributed by atoms with E-state index in [-0.39, 0.29) is 5.63 Å². The van der Waals surface area contributed by atoms with E-state index in [2.05, 4.69) is 5.32 Å². The zero-order valence-corrected chi connectivity index (χ0v) is 15.2. The Balaban J connectivity index is 1.69. The zero-order chi connectivity index (χ0) is 17.8. The standard InChI is InChI=1S/C19H17Cl2NO3/c1-24-15-4-5-16-13(8-19(23)25-18(16)10-15)11-22-7-6-12-2-3-14(20)9-17(12)21/h2-5,8-10,22H,6-7,11H2,1H3. The van der Waals surface area contributed by atoms with Crippen molar-refractivity contribution in [2.45, 2.75) is 13.0 Å². The van der Waals surface area contributed by atoms with Crippen molar-refractivity contribution in [2.75, 3.05) is 13.7 Å². The van der Waals surface area contributed by atoms with E-state index in [1.54, 1.807) is 19.2 Å². The van der Waals surface area contributed by atoms with Gasteiger partial charge in [-0.2, -0.15) is 0 Å². The number of halogens is 2. The molecule has 0 aliphatic rings. The molecule has 130 valence electrons. The van der Waals surface area contributed by atoms with Crippen LogP contribution in [0.25, 0.3) is 11.0 Å². The Bertz CT molecular complexity index is 953. The molecule has 0 aliphatic heterocycles. The molecule has 4 nitrogen and oxygen atoms in total. The first-order valence-electron chi connectivity index (χ1n) is 7.82. The molecule has 3 aromatic rings. The number of hydrogen-bond acceptors (Lipinski definition) is 4. The third kappa shape index (κ3) is 4.34. The highest BCUT2D eigenvalue weighted by atomic mass is 35.5. The summed E-state index contributed by atoms with van der Waals surface area (Å²) in [5.74, 6) is 0.651. The highest BCUT2D eigenvalue weighted by Crippen LogP contribution is 2.23. The number of rotatable bonds is 6. The Hall–Kier alpha value is -2.01. The summed E-state index contributed by atoms with van der Waals surface area (Å²) in [6, 6.07) is 12.5. The lowest BCUT2D eigenvalue weighted by Gasteiger charge is -2.09. The fraction of sp³-hybridized carbons (Fsp3) is 0.211. The van der Waals surface area contributed by atoms with Gasteiger partial charge in [0.05, 0.1) is 7.11 Å². The van der Waals surface area contributed by atoms with Gasteiger partial charge in [-0.1, -0.05) is 29.3 Å². The lowest BCUT2D eigenvalue weighted by Crippen LogP contribution is -2.18. The van der Waals surface area contributed by atoms with Crippen LogP contribution in [-0.2, 0) is 13.0 Å². The fourth-order valence-electron chi connectivity index (χ4n) is 2.65. The van der Waals surface area contributed by atoms with Gasteiger partial charge in [0.25, 0.3) is 0 Å². The number of nitrogens with one attached hydrogen (secondary N) is 1. The number of benzene rings is 2. The molecule has 0 radical (unpaired) electrons. The first kappa shape index (κ1) is 17.8. The van der Waals surface area contributed by atoms with Gasteiger partial charge in [-0.15, -0.1) is 0 Å². The number of ether oxygens (including phenoxy) is 1. The minimum atomic E-state index is -0.377. The van der Waals surface area contributed by atoms with Crippen LogP contribution in [0.4, 0.5) is 0 Å². The largest absolute Gasteiger partial charge is 0.497 e. The third-order valence-corrected chi connectivity index (χ3v) is 4.53. The quantitative estimate of drug-likeness (QED) is 0.509. The highest BCUT2D eigenvalue weighted by molar-refractivity contribution is 6.35. The summed E-state index contributed by atoms with van der Waals surface area (Å²) in [4.78, 5) is 11.8. The Kier molecular flexibility index (Phi) is 5.63. The van der Waals surface area contributed by atoms with Crippen LogP contribution in [0.2, 0.25) is 10.0 Å². The van der Waals surface area contributed by atoms with Crippen LogP contribution in [0.15, 0.2) is 51.7 Å². The molecule has 25 heavy (non-hydrogen) atoms. The van der Waals surface area contributed by atoms with E-state index in [4.69, 9.17) is 32.4 Å². The van der Waals surface area contributed by atoms with Gasteiger partial charge in [-0.25, -0.2) is 4.79 Å². The van der Waals surface area contributed by atoms with Crippen LogP contribution in [0, 0.1) is 0 Å². The number of methoxy groups -OCH3 is 1. The molecule has 6 heteroatoms. The van der Waals surface area contributed by atoms with Crippen molar-refractivity contribution in [1.82, 2.24) is 5.32 Å². The van der Waals surface area contributed by atoms with Crippen molar-refractivity contribution in [2.24, 2.45) is 0 Å². The van der Waals surface area contributed by atoms with Crippen LogP contribution >= 0.6 is 23.2 Å². The van der Waals surface area contributed by atoms with Gasteiger partial charge in [0.2, 0.25) is 0 Å². The molecule has 1 aromatic heterocycles. The van der Waals surface area contributed by atoms with Crippen LogP contribution in [0.1, 0.15) is 11.1 Å². The Morgan fingerprint density at radius 1 is 1.08 bits per heavy atom. The monoisotopic (exact) mass is 377 g/mol. The number of hydrogen-bond donors (Lipinski definition) is 1. The highest BCUT2D eigenvalue weighted by Gasteiger charge is 2.07. The van der Waals surface area contributed by atoms with Gasteiger partial charge >= 0.3 is 5.63 Å². The predicted molar refractivity (Wildman–Crippen MR) is 101 cm³/mol. The third-order valence-electron chi connectivity index (χ3n) is 3.94. The molecule has 0 unspecified atom stereocenters. The molecular formula is C19H17Cl2NO3. The summed E-state index contributed by atoms with van der Waals surface area (Å²) in [6.45, 7) is 1.28. The minimum Gasteiger partial charge on any atom is -0.497 e. The topological polar surface area (TPSA) is 51.5 Å². The SMILES string of the molecule is COc1ccc2c(CNCCc3ccc(Cl)cc3Cl)cc(=O)oc2c1. The lowest BCUT2D eigenvalue weighted by atomic mass is 10.1. The van der Waals surface area contributed by atoms with Crippen molar-refractivity contribution in [3.8, 4) is 5.75 Å². The molecule has 0 atom stereocenters. The van der Waals surface area contributed by atoms with Gasteiger partial charge in [-0.05, 0) is 48.4 Å². The average molecular weight is 378 g/mol. The normalized spacial score (nSPS) is 11.0. The summed E-state index contributed by atoms with van der Waals surface area (Å²) >= 11 is 12.1. The van der Waals surface area contributed by atoms with Crippen molar-refractivity contribution in [1.29, 1.82) is 0 Å². The van der Waals surface area contributed by atoms with E-state index in [0.717, 1.165) is 29.5 Å². The lowest BCUT2D eigenvalue weighted by molar-refractivity contribution is 0.414. The molecule has 3 rings (SSSR count). The maximum atomic E-state index is 11.8. The van der Waals surface area contributed by atoms with E-state index in [0.29, 0.717) is 27.9 Å². The smallest absolute Gasteiger partial charge is 0.336 e. The summed E-state index contributed by atoms with van der Waals surface area (Å²) in [5, 5.41) is 5.51. The van der Waals surface area contributed by atoms with E-state index in [1.165, 1.54) is 6.07 Å². The first-order valence-corrected chi connectivity index (χ1v) is 8.58. The maximum Gasteiger partial charge on any atom is 0.336 e. The van der Waals surface area contributed by atoms with E-state index < -0.39 is 0 Å². The average Bonchev–Trinajstić information content (AvgIpc) is 2.59. The molecular weight excluding hydrogens is 361 g/mol. The minimum absolute atomic E-state index is 0.377. The molecule has 0 saturated heterocycles. The number of fused-ring (bicyclic) bond motifs is 1. The van der Waals surface area contributed by atoms with Crippen molar-refractivity contribution >= 4 is 34.2 Å². The van der Waals surface area contributed by atoms with Gasteiger partial charge < -0.3 is 14.5 Å². The summed E-state index contributed by atoms with van der Waals surface area (Å²) in [6.07, 6.45) is 0.767. The summed E-state index contributed by atoms with van der Waals surface area (Å²) in [5.41, 5.74) is 2.06. The molecule has 0 fully saturated rings.